The summed E-state index contributed by atoms with van der Waals surface area (Å²) in [7, 11) is 0. The Labute approximate surface area is 125 Å². The minimum Gasteiger partial charge on any atom is -0.398 e. The molecule has 2 aromatic rings. The van der Waals surface area contributed by atoms with Crippen LogP contribution in [0.4, 0.5) is 18.9 Å². The molecule has 0 fully saturated rings. The van der Waals surface area contributed by atoms with E-state index in [0.717, 1.165) is 18.2 Å². The molecule has 0 aliphatic heterocycles. The van der Waals surface area contributed by atoms with Gasteiger partial charge in [-0.05, 0) is 29.8 Å². The molecule has 6 heteroatoms. The average molecular weight is 316 g/mol. The van der Waals surface area contributed by atoms with Crippen LogP contribution >= 0.6 is 11.6 Å². The number of alkyl halides is 3. The minimum absolute atomic E-state index is 0.0461. The molecule has 2 rings (SSSR count). The number of nitrogens with two attached hydrogens (primary N) is 1. The molecule has 3 N–H and O–H groups in total. The maximum atomic E-state index is 12.7. The predicted molar refractivity (Wildman–Crippen MR) is 76.0 cm³/mol. The Bertz CT molecular complexity index is 643. The topological polar surface area (TPSA) is 46.2 Å². The SMILES string of the molecule is Nc1ccc(C(F)(F)F)cc1C(O)Cc1ccccc1Cl. The van der Waals surface area contributed by atoms with Crippen LogP contribution in [0.25, 0.3) is 0 Å². The van der Waals surface area contributed by atoms with Crippen molar-refractivity contribution in [2.24, 2.45) is 0 Å². The monoisotopic (exact) mass is 315 g/mol. The van der Waals surface area contributed by atoms with Gasteiger partial charge in [0.2, 0.25) is 0 Å². The van der Waals surface area contributed by atoms with Crippen molar-refractivity contribution in [1.29, 1.82) is 0 Å². The fourth-order valence-electron chi connectivity index (χ4n) is 2.02. The molecule has 0 radical (unpaired) electrons. The van der Waals surface area contributed by atoms with E-state index in [-0.39, 0.29) is 17.7 Å². The third-order valence-electron chi connectivity index (χ3n) is 3.14. The lowest BCUT2D eigenvalue weighted by Gasteiger charge is -2.16. The van der Waals surface area contributed by atoms with Crippen LogP contribution in [-0.2, 0) is 12.6 Å². The van der Waals surface area contributed by atoms with Gasteiger partial charge in [0.1, 0.15) is 0 Å². The number of halogens is 4. The Hall–Kier alpha value is -1.72. The van der Waals surface area contributed by atoms with Gasteiger partial charge in [0.05, 0.1) is 11.7 Å². The smallest absolute Gasteiger partial charge is 0.398 e. The number of aliphatic hydroxyl groups excluding tert-OH is 1. The van der Waals surface area contributed by atoms with E-state index in [2.05, 4.69) is 0 Å². The molecule has 0 aliphatic rings. The van der Waals surface area contributed by atoms with Crippen LogP contribution in [0.1, 0.15) is 22.8 Å². The van der Waals surface area contributed by atoms with Crippen LogP contribution < -0.4 is 5.73 Å². The van der Waals surface area contributed by atoms with Crippen molar-refractivity contribution in [3.63, 3.8) is 0 Å². The van der Waals surface area contributed by atoms with Crippen molar-refractivity contribution in [1.82, 2.24) is 0 Å². The first-order chi connectivity index (χ1) is 9.79. The summed E-state index contributed by atoms with van der Waals surface area (Å²) in [6.07, 6.45) is -5.55. The van der Waals surface area contributed by atoms with Crippen molar-refractivity contribution in [2.45, 2.75) is 18.7 Å². The first-order valence-corrected chi connectivity index (χ1v) is 6.55. The lowest BCUT2D eigenvalue weighted by atomic mass is 9.98. The van der Waals surface area contributed by atoms with E-state index in [1.807, 2.05) is 0 Å². The van der Waals surface area contributed by atoms with E-state index in [1.165, 1.54) is 0 Å². The summed E-state index contributed by atoms with van der Waals surface area (Å²) in [6, 6.07) is 9.74. The quantitative estimate of drug-likeness (QED) is 0.833. The van der Waals surface area contributed by atoms with Gasteiger partial charge in [-0.15, -0.1) is 0 Å². The van der Waals surface area contributed by atoms with Crippen molar-refractivity contribution in [3.05, 3.63) is 64.2 Å². The summed E-state index contributed by atoms with van der Waals surface area (Å²) in [4.78, 5) is 0. The van der Waals surface area contributed by atoms with Crippen molar-refractivity contribution in [3.8, 4) is 0 Å². The molecule has 0 heterocycles. The van der Waals surface area contributed by atoms with Crippen molar-refractivity contribution < 1.29 is 18.3 Å². The highest BCUT2D eigenvalue weighted by Gasteiger charge is 2.31. The lowest BCUT2D eigenvalue weighted by Crippen LogP contribution is -2.10. The van der Waals surface area contributed by atoms with Crippen LogP contribution in [0.3, 0.4) is 0 Å². The van der Waals surface area contributed by atoms with Gasteiger partial charge in [-0.3, -0.25) is 0 Å². The van der Waals surface area contributed by atoms with Crippen LogP contribution in [0.15, 0.2) is 42.5 Å². The van der Waals surface area contributed by atoms with Gasteiger partial charge >= 0.3 is 6.18 Å². The molecule has 2 nitrogen and oxygen atoms in total. The van der Waals surface area contributed by atoms with E-state index in [9.17, 15) is 18.3 Å². The Morgan fingerprint density at radius 3 is 2.43 bits per heavy atom. The third kappa shape index (κ3) is 3.68. The van der Waals surface area contributed by atoms with Gasteiger partial charge in [-0.25, -0.2) is 0 Å². The van der Waals surface area contributed by atoms with Gasteiger partial charge in [0, 0.05) is 22.7 Å². The second kappa shape index (κ2) is 5.95. The average Bonchev–Trinajstić information content (AvgIpc) is 2.40. The molecule has 1 atom stereocenters. The van der Waals surface area contributed by atoms with Gasteiger partial charge in [0.25, 0.3) is 0 Å². The Balaban J connectivity index is 2.31. The van der Waals surface area contributed by atoms with Gasteiger partial charge in [-0.2, -0.15) is 13.2 Å². The molecule has 0 saturated heterocycles. The van der Waals surface area contributed by atoms with Crippen LogP contribution in [0, 0.1) is 0 Å². The number of anilines is 1. The zero-order valence-electron chi connectivity index (χ0n) is 10.9. The van der Waals surface area contributed by atoms with Crippen LogP contribution in [0.5, 0.6) is 0 Å². The number of rotatable bonds is 3. The van der Waals surface area contributed by atoms with Crippen molar-refractivity contribution >= 4 is 17.3 Å². The summed E-state index contributed by atoms with van der Waals surface area (Å²) >= 11 is 5.98. The van der Waals surface area contributed by atoms with E-state index in [1.54, 1.807) is 24.3 Å². The zero-order chi connectivity index (χ0) is 15.6. The Kier molecular flexibility index (Phi) is 4.44. The Morgan fingerprint density at radius 1 is 1.14 bits per heavy atom. The molecule has 0 aromatic heterocycles. The fourth-order valence-corrected chi connectivity index (χ4v) is 2.23. The van der Waals surface area contributed by atoms with Crippen LogP contribution in [0.2, 0.25) is 5.02 Å². The number of hydrogen-bond donors (Lipinski definition) is 2. The maximum Gasteiger partial charge on any atom is 0.416 e. The van der Waals surface area contributed by atoms with Gasteiger partial charge in [0.15, 0.2) is 0 Å². The summed E-state index contributed by atoms with van der Waals surface area (Å²) in [5.74, 6) is 0. The standard InChI is InChI=1S/C15H13ClF3NO/c16-12-4-2-1-3-9(12)7-14(21)11-8-10(15(17,18)19)5-6-13(11)20/h1-6,8,14,21H,7,20H2. The van der Waals surface area contributed by atoms with E-state index in [0.29, 0.717) is 10.6 Å². The molecule has 2 aromatic carbocycles. The fraction of sp³-hybridized carbons (Fsp3) is 0.200. The van der Waals surface area contributed by atoms with E-state index in [4.69, 9.17) is 17.3 Å². The molecular weight excluding hydrogens is 303 g/mol. The van der Waals surface area contributed by atoms with Gasteiger partial charge < -0.3 is 10.8 Å². The number of hydrogen-bond acceptors (Lipinski definition) is 2. The van der Waals surface area contributed by atoms with Crippen molar-refractivity contribution in [2.75, 3.05) is 5.73 Å². The molecule has 21 heavy (non-hydrogen) atoms. The van der Waals surface area contributed by atoms with Gasteiger partial charge in [-0.1, -0.05) is 29.8 Å². The summed E-state index contributed by atoms with van der Waals surface area (Å²) < 4.78 is 38.1. The number of benzene rings is 2. The highest BCUT2D eigenvalue weighted by atomic mass is 35.5. The second-order valence-corrected chi connectivity index (χ2v) is 5.06. The molecule has 0 amide bonds. The second-order valence-electron chi connectivity index (χ2n) is 4.65. The summed E-state index contributed by atoms with van der Waals surface area (Å²) in [6.45, 7) is 0. The summed E-state index contributed by atoms with van der Waals surface area (Å²) in [5, 5.41) is 10.6. The molecular formula is C15H13ClF3NO. The minimum atomic E-state index is -4.48. The largest absolute Gasteiger partial charge is 0.416 e. The van der Waals surface area contributed by atoms with E-state index >= 15 is 0 Å². The first kappa shape index (κ1) is 15.7. The molecule has 0 saturated carbocycles. The molecule has 1 unspecified atom stereocenters. The van der Waals surface area contributed by atoms with E-state index < -0.39 is 17.8 Å². The highest BCUT2D eigenvalue weighted by molar-refractivity contribution is 6.31. The zero-order valence-corrected chi connectivity index (χ0v) is 11.6. The maximum absolute atomic E-state index is 12.7. The normalized spacial score (nSPS) is 13.2. The molecule has 0 spiro atoms. The third-order valence-corrected chi connectivity index (χ3v) is 3.51. The molecule has 112 valence electrons. The predicted octanol–water partition coefficient (Wildman–Crippen LogP) is 4.22. The van der Waals surface area contributed by atoms with Crippen LogP contribution in [-0.4, -0.2) is 5.11 Å². The molecule has 0 aliphatic carbocycles. The number of aliphatic hydroxyl groups is 1. The summed E-state index contributed by atoms with van der Waals surface area (Å²) in [5.41, 5.74) is 5.62. The number of nitrogen functional groups attached to an aromatic ring is 1. The highest BCUT2D eigenvalue weighted by Crippen LogP contribution is 2.34. The molecule has 0 bridgehead atoms. The first-order valence-electron chi connectivity index (χ1n) is 6.17. The Morgan fingerprint density at radius 2 is 1.81 bits per heavy atom. The lowest BCUT2D eigenvalue weighted by molar-refractivity contribution is -0.137.